The van der Waals surface area contributed by atoms with E-state index in [9.17, 15) is 9.59 Å². The first-order valence-corrected chi connectivity index (χ1v) is 10.0. The molecule has 0 radical (unpaired) electrons. The van der Waals surface area contributed by atoms with Crippen molar-refractivity contribution >= 4 is 23.0 Å². The fourth-order valence-corrected chi connectivity index (χ4v) is 4.93. The van der Waals surface area contributed by atoms with E-state index in [0.29, 0.717) is 42.0 Å². The second kappa shape index (κ2) is 6.05. The van der Waals surface area contributed by atoms with E-state index < -0.39 is 0 Å². The average molecular weight is 372 g/mol. The van der Waals surface area contributed by atoms with Crippen molar-refractivity contribution in [3.63, 3.8) is 0 Å². The summed E-state index contributed by atoms with van der Waals surface area (Å²) in [5, 5.41) is 3.05. The lowest BCUT2D eigenvalue weighted by Gasteiger charge is -2.27. The Labute approximate surface area is 157 Å². The Kier molecular flexibility index (Phi) is 4.06. The van der Waals surface area contributed by atoms with Crippen molar-refractivity contribution in [1.29, 1.82) is 0 Å². The highest BCUT2D eigenvalue weighted by Gasteiger charge is 2.40. The topological polar surface area (TPSA) is 63.4 Å². The van der Waals surface area contributed by atoms with E-state index in [1.54, 1.807) is 11.3 Å². The van der Waals surface area contributed by atoms with Gasteiger partial charge in [-0.1, -0.05) is 13.8 Å². The van der Waals surface area contributed by atoms with Crippen LogP contribution in [-0.2, 0) is 6.42 Å². The number of hydrogen-bond donors (Lipinski definition) is 0. The van der Waals surface area contributed by atoms with E-state index in [1.807, 2.05) is 24.1 Å². The number of fused-ring (bicyclic) bond motifs is 1. The molecule has 2 aromatic rings. The Morgan fingerprint density at radius 3 is 2.81 bits per heavy atom. The molecule has 6 heteroatoms. The average Bonchev–Trinajstić information content (AvgIpc) is 3.24. The number of likely N-dealkylation sites (tertiary alicyclic amines) is 1. The highest BCUT2D eigenvalue weighted by atomic mass is 32.1. The number of rotatable bonds is 2. The summed E-state index contributed by atoms with van der Waals surface area (Å²) >= 11 is 1.61. The van der Waals surface area contributed by atoms with Gasteiger partial charge < -0.3 is 9.32 Å². The lowest BCUT2D eigenvalue weighted by molar-refractivity contribution is 0.0694. The molecule has 26 heavy (non-hydrogen) atoms. The van der Waals surface area contributed by atoms with Crippen molar-refractivity contribution in [2.45, 2.75) is 59.4 Å². The van der Waals surface area contributed by atoms with Crippen molar-refractivity contribution in [2.75, 3.05) is 6.54 Å². The number of carbonyl (C=O) groups is 2. The summed E-state index contributed by atoms with van der Waals surface area (Å²) in [5.41, 5.74) is 2.17. The summed E-state index contributed by atoms with van der Waals surface area (Å²) in [5.74, 6) is 0.979. The van der Waals surface area contributed by atoms with Gasteiger partial charge in [0.05, 0.1) is 22.3 Å². The molecule has 0 N–H and O–H groups in total. The molecule has 2 aliphatic rings. The van der Waals surface area contributed by atoms with Crippen molar-refractivity contribution in [2.24, 2.45) is 5.41 Å². The van der Waals surface area contributed by atoms with E-state index in [4.69, 9.17) is 4.42 Å². The van der Waals surface area contributed by atoms with Crippen LogP contribution in [0.5, 0.6) is 0 Å². The molecule has 1 atom stereocenters. The molecule has 1 aliphatic carbocycles. The number of aryl methyl sites for hydroxylation is 1. The van der Waals surface area contributed by atoms with E-state index >= 15 is 0 Å². The van der Waals surface area contributed by atoms with E-state index in [-0.39, 0.29) is 23.1 Å². The van der Waals surface area contributed by atoms with Gasteiger partial charge in [-0.15, -0.1) is 11.3 Å². The van der Waals surface area contributed by atoms with E-state index in [2.05, 4.69) is 18.8 Å². The van der Waals surface area contributed by atoms with Crippen LogP contribution in [0.4, 0.5) is 0 Å². The zero-order valence-corrected chi connectivity index (χ0v) is 16.5. The Bertz CT molecular complexity index is 893. The largest absolute Gasteiger partial charge is 0.455 e. The number of aromatic nitrogens is 1. The number of thiazole rings is 1. The van der Waals surface area contributed by atoms with Crippen LogP contribution in [0.25, 0.3) is 0 Å². The molecule has 4 rings (SSSR count). The lowest BCUT2D eigenvalue weighted by atomic mass is 9.76. The van der Waals surface area contributed by atoms with Crippen LogP contribution in [0.3, 0.4) is 0 Å². The zero-order chi connectivity index (χ0) is 18.6. The monoisotopic (exact) mass is 372 g/mol. The quantitative estimate of drug-likeness (QED) is 0.779. The molecule has 5 nitrogen and oxygen atoms in total. The molecule has 1 fully saturated rings. The van der Waals surface area contributed by atoms with Crippen LogP contribution < -0.4 is 0 Å². The number of amides is 1. The Morgan fingerprint density at radius 1 is 1.35 bits per heavy atom. The Morgan fingerprint density at radius 2 is 2.12 bits per heavy atom. The second-order valence-corrected chi connectivity index (χ2v) is 9.31. The van der Waals surface area contributed by atoms with Crippen molar-refractivity contribution in [3.8, 4) is 0 Å². The summed E-state index contributed by atoms with van der Waals surface area (Å²) in [6.07, 6.45) is 3.06. The minimum atomic E-state index is -0.122. The number of furan rings is 1. The van der Waals surface area contributed by atoms with Crippen LogP contribution in [0, 0.1) is 19.3 Å². The number of hydrogen-bond acceptors (Lipinski definition) is 5. The third-order valence-electron chi connectivity index (χ3n) is 5.46. The first-order valence-electron chi connectivity index (χ1n) is 9.15. The van der Waals surface area contributed by atoms with Gasteiger partial charge in [0.25, 0.3) is 5.91 Å². The molecule has 0 bridgehead atoms. The Hall–Kier alpha value is -1.95. The van der Waals surface area contributed by atoms with Gasteiger partial charge in [-0.05, 0) is 32.1 Å². The third kappa shape index (κ3) is 2.80. The van der Waals surface area contributed by atoms with Crippen LogP contribution in [-0.4, -0.2) is 28.1 Å². The molecule has 0 aromatic carbocycles. The fourth-order valence-electron chi connectivity index (χ4n) is 4.27. The molecule has 1 amide bonds. The van der Waals surface area contributed by atoms with Crippen molar-refractivity contribution in [1.82, 2.24) is 9.88 Å². The molecule has 0 spiro atoms. The minimum absolute atomic E-state index is 0.00104. The smallest absolute Gasteiger partial charge is 0.290 e. The molecule has 0 saturated carbocycles. The maximum Gasteiger partial charge on any atom is 0.290 e. The molecular weight excluding hydrogens is 348 g/mol. The van der Waals surface area contributed by atoms with Crippen LogP contribution in [0.1, 0.15) is 82.1 Å². The van der Waals surface area contributed by atoms with Crippen LogP contribution in [0.2, 0.25) is 0 Å². The van der Waals surface area contributed by atoms with Gasteiger partial charge in [0, 0.05) is 30.3 Å². The number of ketones is 1. The highest BCUT2D eigenvalue weighted by Crippen LogP contribution is 2.40. The van der Waals surface area contributed by atoms with Gasteiger partial charge in [-0.2, -0.15) is 0 Å². The number of Topliss-reactive ketones (excluding diaryl/α,β-unsaturated/α-hetero) is 1. The normalized spacial score (nSPS) is 21.9. The maximum absolute atomic E-state index is 13.2. The van der Waals surface area contributed by atoms with Crippen LogP contribution >= 0.6 is 11.3 Å². The summed E-state index contributed by atoms with van der Waals surface area (Å²) in [6, 6.07) is 0.00104. The standard InChI is InChI=1S/C20H24N2O3S/c1-11-17-15(23)8-20(3,4)9-16(17)25-18(11)19(24)22-7-5-6-14(22)13-10-26-12(2)21-13/h10,14H,5-9H2,1-4H3/t14-/m1/s1. The predicted molar refractivity (Wildman–Crippen MR) is 99.7 cm³/mol. The summed E-state index contributed by atoms with van der Waals surface area (Å²) in [4.78, 5) is 32.3. The lowest BCUT2D eigenvalue weighted by Crippen LogP contribution is -2.31. The van der Waals surface area contributed by atoms with E-state index in [1.165, 1.54) is 0 Å². The molecular formula is C20H24N2O3S. The molecule has 3 heterocycles. The molecule has 0 unspecified atom stereocenters. The van der Waals surface area contributed by atoms with Gasteiger partial charge in [-0.25, -0.2) is 4.98 Å². The number of nitrogens with zero attached hydrogens (tertiary/aromatic N) is 2. The molecule has 1 saturated heterocycles. The molecule has 2 aromatic heterocycles. The maximum atomic E-state index is 13.2. The third-order valence-corrected chi connectivity index (χ3v) is 6.25. The van der Waals surface area contributed by atoms with Crippen molar-refractivity contribution < 1.29 is 14.0 Å². The first kappa shape index (κ1) is 17.5. The van der Waals surface area contributed by atoms with Crippen molar-refractivity contribution in [3.05, 3.63) is 38.7 Å². The SMILES string of the molecule is Cc1nc([C@H]2CCCN2C(=O)c2oc3c(c2C)C(=O)CC(C)(C)C3)cs1. The Balaban J connectivity index is 1.68. The van der Waals surface area contributed by atoms with Gasteiger partial charge in [0.1, 0.15) is 5.76 Å². The first-order chi connectivity index (χ1) is 12.3. The fraction of sp³-hybridized carbons (Fsp3) is 0.550. The van der Waals surface area contributed by atoms with Crippen LogP contribution in [0.15, 0.2) is 9.80 Å². The van der Waals surface area contributed by atoms with Gasteiger partial charge in [0.2, 0.25) is 0 Å². The summed E-state index contributed by atoms with van der Waals surface area (Å²) in [7, 11) is 0. The summed E-state index contributed by atoms with van der Waals surface area (Å²) in [6.45, 7) is 8.64. The second-order valence-electron chi connectivity index (χ2n) is 8.24. The highest BCUT2D eigenvalue weighted by molar-refractivity contribution is 7.09. The summed E-state index contributed by atoms with van der Waals surface area (Å²) < 4.78 is 5.98. The van der Waals surface area contributed by atoms with Gasteiger partial charge >= 0.3 is 0 Å². The van der Waals surface area contributed by atoms with E-state index in [0.717, 1.165) is 23.5 Å². The van der Waals surface area contributed by atoms with Gasteiger partial charge in [0.15, 0.2) is 11.5 Å². The molecule has 138 valence electrons. The number of carbonyl (C=O) groups excluding carboxylic acids is 2. The zero-order valence-electron chi connectivity index (χ0n) is 15.7. The minimum Gasteiger partial charge on any atom is -0.455 e. The predicted octanol–water partition coefficient (Wildman–Crippen LogP) is 4.49. The van der Waals surface area contributed by atoms with Gasteiger partial charge in [-0.3, -0.25) is 9.59 Å². The molecule has 1 aliphatic heterocycles.